The number of methoxy groups -OCH3 is 1. The highest BCUT2D eigenvalue weighted by Gasteiger charge is 2.45. The molecule has 9 heteroatoms. The van der Waals surface area contributed by atoms with Gasteiger partial charge in [0.1, 0.15) is 0 Å². The van der Waals surface area contributed by atoms with Crippen molar-refractivity contribution in [2.75, 3.05) is 7.11 Å². The maximum absolute atomic E-state index is 11.7. The Balaban J connectivity index is 1.67. The number of nitrogens with two attached hydrogens (primary N) is 1. The zero-order valence-electron chi connectivity index (χ0n) is 13.7. The number of amidine groups is 2. The third-order valence-electron chi connectivity index (χ3n) is 3.67. The average Bonchev–Trinajstić information content (AvgIpc) is 3.27. The summed E-state index contributed by atoms with van der Waals surface area (Å²) in [6.07, 6.45) is 4.56. The number of fused-ring (bicyclic) bond motifs is 1. The molecule has 4 rings (SSSR count). The van der Waals surface area contributed by atoms with Crippen LogP contribution in [0.25, 0.3) is 0 Å². The Labute approximate surface area is 147 Å². The van der Waals surface area contributed by atoms with Crippen LogP contribution < -0.4 is 10.6 Å². The summed E-state index contributed by atoms with van der Waals surface area (Å²) in [5.41, 5.74) is 6.19. The molecule has 2 aliphatic rings. The van der Waals surface area contributed by atoms with Gasteiger partial charge in [-0.1, -0.05) is 6.07 Å². The lowest BCUT2D eigenvalue weighted by Gasteiger charge is -2.23. The van der Waals surface area contributed by atoms with Gasteiger partial charge in [-0.05, 0) is 29.4 Å². The Kier molecular flexibility index (Phi) is 3.63. The molecule has 130 valence electrons. The van der Waals surface area contributed by atoms with Crippen LogP contribution >= 0.6 is 0 Å². The molecule has 1 unspecified atom stereocenters. The fraction of sp³-hybridized carbons (Fsp3) is 0.0588. The normalized spacial score (nSPS) is 20.7. The Bertz CT molecular complexity index is 990. The van der Waals surface area contributed by atoms with E-state index in [1.165, 1.54) is 19.7 Å². The number of hydrogen-bond acceptors (Lipinski definition) is 8. The number of nitrogens with zero attached hydrogens (tertiary/aromatic N) is 4. The zero-order valence-corrected chi connectivity index (χ0v) is 13.7. The second kappa shape index (κ2) is 5.97. The zero-order chi connectivity index (χ0) is 18.1. The Hall–Kier alpha value is -3.72. The van der Waals surface area contributed by atoms with Gasteiger partial charge in [-0.25, -0.2) is 4.79 Å². The number of hydrogen-bond donors (Lipinski definition) is 1. The molecular formula is C17H14N5O4+. The summed E-state index contributed by atoms with van der Waals surface area (Å²) in [4.78, 5) is 26.4. The summed E-state index contributed by atoms with van der Waals surface area (Å²) in [5.74, 6) is 1.44. The van der Waals surface area contributed by atoms with Crippen LogP contribution in [0.3, 0.4) is 0 Å². The van der Waals surface area contributed by atoms with Crippen molar-refractivity contribution in [3.05, 3.63) is 65.9 Å². The van der Waals surface area contributed by atoms with Gasteiger partial charge in [-0.3, -0.25) is 4.84 Å². The van der Waals surface area contributed by atoms with Crippen LogP contribution in [-0.2, 0) is 4.74 Å². The molecule has 1 atom stereocenters. The first-order chi connectivity index (χ1) is 12.6. The molecule has 2 aromatic rings. The molecule has 1 aromatic carbocycles. The van der Waals surface area contributed by atoms with Crippen LogP contribution in [0.15, 0.2) is 74.1 Å². The van der Waals surface area contributed by atoms with E-state index < -0.39 is 10.7 Å². The highest BCUT2D eigenvalue weighted by molar-refractivity contribution is 6.03. The summed E-state index contributed by atoms with van der Waals surface area (Å²) in [7, 11) is 1.31. The lowest BCUT2D eigenvalue weighted by atomic mass is 10.2. The van der Waals surface area contributed by atoms with Crippen molar-refractivity contribution in [2.45, 2.75) is 0 Å². The van der Waals surface area contributed by atoms with Gasteiger partial charge in [0.2, 0.25) is 5.84 Å². The Morgan fingerprint density at radius 2 is 2.15 bits per heavy atom. The number of benzene rings is 1. The van der Waals surface area contributed by atoms with Crippen molar-refractivity contribution < 1.29 is 23.5 Å². The number of furan rings is 1. The maximum Gasteiger partial charge on any atom is 0.337 e. The third-order valence-corrected chi connectivity index (χ3v) is 3.67. The monoisotopic (exact) mass is 352 g/mol. The highest BCUT2D eigenvalue weighted by atomic mass is 16.8. The fourth-order valence-electron chi connectivity index (χ4n) is 2.51. The van der Waals surface area contributed by atoms with Gasteiger partial charge in [0.15, 0.2) is 17.3 Å². The predicted octanol–water partition coefficient (Wildman–Crippen LogP) is 1.79. The molecule has 2 aliphatic heterocycles. The van der Waals surface area contributed by atoms with Crippen LogP contribution in [-0.4, -0.2) is 35.8 Å². The van der Waals surface area contributed by atoms with E-state index in [0.717, 1.165) is 0 Å². The van der Waals surface area contributed by atoms with Crippen LogP contribution in [0, 0.1) is 0 Å². The molecule has 0 bridgehead atoms. The molecular weight excluding hydrogens is 338 g/mol. The van der Waals surface area contributed by atoms with Gasteiger partial charge in [0, 0.05) is 6.07 Å². The molecule has 3 heterocycles. The number of esters is 1. The molecule has 0 spiro atoms. The molecule has 9 nitrogen and oxygen atoms in total. The van der Waals surface area contributed by atoms with Crippen molar-refractivity contribution in [1.29, 1.82) is 0 Å². The molecule has 26 heavy (non-hydrogen) atoms. The maximum atomic E-state index is 11.7. The van der Waals surface area contributed by atoms with E-state index in [0.29, 0.717) is 28.7 Å². The van der Waals surface area contributed by atoms with E-state index >= 15 is 0 Å². The van der Waals surface area contributed by atoms with Crippen LogP contribution in [0.4, 0.5) is 0 Å². The van der Waals surface area contributed by atoms with E-state index in [2.05, 4.69) is 15.1 Å². The van der Waals surface area contributed by atoms with Crippen molar-refractivity contribution in [3.63, 3.8) is 0 Å². The number of ether oxygens (including phenoxy) is 1. The van der Waals surface area contributed by atoms with E-state index in [1.807, 2.05) is 0 Å². The number of carbonyl (C=O) groups excluding carboxylic acids is 1. The predicted molar refractivity (Wildman–Crippen MR) is 92.1 cm³/mol. The smallest absolute Gasteiger partial charge is 0.337 e. The number of aliphatic imine (C=N–C) groups is 2. The minimum Gasteiger partial charge on any atom is -0.465 e. The number of quaternary nitrogens is 1. The second-order valence-corrected chi connectivity index (χ2v) is 5.42. The lowest BCUT2D eigenvalue weighted by Crippen LogP contribution is -2.44. The van der Waals surface area contributed by atoms with Crippen LogP contribution in [0.5, 0.6) is 5.75 Å². The quantitative estimate of drug-likeness (QED) is 0.666. The SMILES string of the molecule is COC(=O)c1cccc(O[N+]23C=NC(c4ccco4)=NC2=CC(N)=N3)c1. The van der Waals surface area contributed by atoms with Crippen molar-refractivity contribution >= 4 is 24.0 Å². The molecule has 0 aliphatic carbocycles. The van der Waals surface area contributed by atoms with Crippen molar-refractivity contribution in [2.24, 2.45) is 20.8 Å². The average molecular weight is 352 g/mol. The number of carbonyl (C=O) groups is 1. The van der Waals surface area contributed by atoms with Crippen molar-refractivity contribution in [1.82, 2.24) is 0 Å². The van der Waals surface area contributed by atoms with E-state index in [-0.39, 0.29) is 5.84 Å². The topological polar surface area (TPSA) is 112 Å². The lowest BCUT2D eigenvalue weighted by molar-refractivity contribution is -0.973. The third kappa shape index (κ3) is 2.66. The standard InChI is InChI=1S/C17H14N5O4/c1-24-17(23)11-4-2-5-12(8-11)26-22-10-19-16(13-6-3-7-25-13)20-15(22)9-14(18)21-22/h2-10H,1H3,(H2,18,21)/q+1. The fourth-order valence-corrected chi connectivity index (χ4v) is 2.51. The Morgan fingerprint density at radius 1 is 1.27 bits per heavy atom. The molecule has 0 fully saturated rings. The van der Waals surface area contributed by atoms with Crippen LogP contribution in [0.1, 0.15) is 16.1 Å². The summed E-state index contributed by atoms with van der Waals surface area (Å²) < 4.78 is 9.54. The number of rotatable bonds is 4. The van der Waals surface area contributed by atoms with Gasteiger partial charge >= 0.3 is 11.8 Å². The van der Waals surface area contributed by atoms with E-state index in [9.17, 15) is 4.79 Å². The summed E-state index contributed by atoms with van der Waals surface area (Å²) in [6, 6.07) is 10.0. The minimum atomic E-state index is -0.499. The molecule has 1 aromatic heterocycles. The first-order valence-corrected chi connectivity index (χ1v) is 7.62. The summed E-state index contributed by atoms with van der Waals surface area (Å²) >= 11 is 0. The van der Waals surface area contributed by atoms with Gasteiger partial charge in [0.05, 0.1) is 29.8 Å². The summed E-state index contributed by atoms with van der Waals surface area (Å²) in [5, 5.41) is 4.26. The number of hydroxylamine groups is 2. The van der Waals surface area contributed by atoms with Crippen molar-refractivity contribution in [3.8, 4) is 5.75 Å². The minimum absolute atomic E-state index is 0.236. The van der Waals surface area contributed by atoms with Gasteiger partial charge in [0.25, 0.3) is 6.34 Å². The van der Waals surface area contributed by atoms with E-state index in [4.69, 9.17) is 19.7 Å². The molecule has 0 saturated carbocycles. The van der Waals surface area contributed by atoms with Gasteiger partial charge in [-0.15, -0.1) is 0 Å². The summed E-state index contributed by atoms with van der Waals surface area (Å²) in [6.45, 7) is 0. The van der Waals surface area contributed by atoms with Gasteiger partial charge < -0.3 is 14.9 Å². The van der Waals surface area contributed by atoms with Gasteiger partial charge in [-0.2, -0.15) is 9.98 Å². The first kappa shape index (κ1) is 15.8. The molecule has 0 amide bonds. The Morgan fingerprint density at radius 3 is 2.92 bits per heavy atom. The molecule has 0 saturated heterocycles. The second-order valence-electron chi connectivity index (χ2n) is 5.42. The largest absolute Gasteiger partial charge is 0.465 e. The first-order valence-electron chi connectivity index (χ1n) is 7.62. The van der Waals surface area contributed by atoms with E-state index in [1.54, 1.807) is 42.5 Å². The molecule has 0 radical (unpaired) electrons. The van der Waals surface area contributed by atoms with Crippen LogP contribution in [0.2, 0.25) is 0 Å². The molecule has 2 N–H and O–H groups in total. The highest BCUT2D eigenvalue weighted by Crippen LogP contribution is 2.30.